The number of H-pyrrole nitrogens is 1. The zero-order valence-electron chi connectivity index (χ0n) is 21.1. The molecule has 8 heteroatoms. The van der Waals surface area contributed by atoms with Crippen molar-refractivity contribution >= 4 is 32.7 Å². The number of hydrogen-bond donors (Lipinski definition) is 3. The average molecular weight is 525 g/mol. The van der Waals surface area contributed by atoms with E-state index in [1.165, 1.54) is 12.1 Å². The van der Waals surface area contributed by atoms with Crippen LogP contribution in [-0.2, 0) is 21.2 Å². The van der Waals surface area contributed by atoms with E-state index in [1.54, 1.807) is 12.1 Å². The zero-order chi connectivity index (χ0) is 26.7. The zero-order valence-corrected chi connectivity index (χ0v) is 21.9. The number of rotatable bonds is 8. The highest BCUT2D eigenvalue weighted by Crippen LogP contribution is 2.28. The van der Waals surface area contributed by atoms with Crippen molar-refractivity contribution in [2.24, 2.45) is 0 Å². The van der Waals surface area contributed by atoms with Gasteiger partial charge >= 0.3 is 0 Å². The number of nitrogens with zero attached hydrogens (tertiary/aromatic N) is 1. The number of hydrogen-bond acceptors (Lipinski definition) is 4. The van der Waals surface area contributed by atoms with Crippen molar-refractivity contribution in [3.05, 3.63) is 114 Å². The number of anilines is 1. The molecule has 3 N–H and O–H groups in total. The molecule has 38 heavy (non-hydrogen) atoms. The lowest BCUT2D eigenvalue weighted by Crippen LogP contribution is -2.45. The molecular weight excluding hydrogens is 496 g/mol. The largest absolute Gasteiger partial charge is 0.307 e. The van der Waals surface area contributed by atoms with Crippen LogP contribution in [0.15, 0.2) is 102 Å². The van der Waals surface area contributed by atoms with Gasteiger partial charge in [-0.05, 0) is 61.2 Å². The molecule has 0 saturated carbocycles. The summed E-state index contributed by atoms with van der Waals surface area (Å²) in [6, 6.07) is 28.8. The molecule has 0 unspecified atom stereocenters. The fourth-order valence-corrected chi connectivity index (χ4v) is 5.53. The monoisotopic (exact) mass is 524 g/mol. The molecule has 0 fully saturated rings. The molecule has 1 aromatic heterocycles. The topological polar surface area (TPSA) is 104 Å². The van der Waals surface area contributed by atoms with E-state index in [0.29, 0.717) is 5.82 Å². The molecule has 0 spiro atoms. The Morgan fingerprint density at radius 1 is 0.842 bits per heavy atom. The van der Waals surface area contributed by atoms with Crippen molar-refractivity contribution in [2.45, 2.75) is 31.2 Å². The van der Waals surface area contributed by atoms with E-state index >= 15 is 0 Å². The molecule has 1 amide bonds. The van der Waals surface area contributed by atoms with Crippen LogP contribution in [0.5, 0.6) is 0 Å². The van der Waals surface area contributed by atoms with Crippen LogP contribution in [0.1, 0.15) is 16.7 Å². The second-order valence-electron chi connectivity index (χ2n) is 9.37. The quantitative estimate of drug-likeness (QED) is 0.254. The Kier molecular flexibility index (Phi) is 7.09. The van der Waals surface area contributed by atoms with Gasteiger partial charge in [0.25, 0.3) is 0 Å². The molecule has 5 rings (SSSR count). The Balaban J connectivity index is 1.41. The summed E-state index contributed by atoms with van der Waals surface area (Å²) in [5.41, 5.74) is 5.81. The SMILES string of the molecule is Cc1ccc(S(=O)(=O)N[C@@H](Cc2ccccc2)C(=O)Nc2n[nH]c3cc(-c4cccc(C)c4)ccc23)cc1. The van der Waals surface area contributed by atoms with E-state index in [4.69, 9.17) is 0 Å². The molecule has 0 radical (unpaired) electrons. The van der Waals surface area contributed by atoms with E-state index < -0.39 is 22.0 Å². The van der Waals surface area contributed by atoms with Crippen LogP contribution in [0.25, 0.3) is 22.0 Å². The van der Waals surface area contributed by atoms with Gasteiger partial charge in [-0.25, -0.2) is 8.42 Å². The third-order valence-electron chi connectivity index (χ3n) is 6.38. The lowest BCUT2D eigenvalue weighted by atomic mass is 10.0. The van der Waals surface area contributed by atoms with E-state index in [9.17, 15) is 13.2 Å². The molecule has 0 aliphatic heterocycles. The maximum atomic E-state index is 13.5. The van der Waals surface area contributed by atoms with E-state index in [2.05, 4.69) is 26.3 Å². The molecule has 0 bridgehead atoms. The highest BCUT2D eigenvalue weighted by Gasteiger charge is 2.27. The second kappa shape index (κ2) is 10.6. The van der Waals surface area contributed by atoms with Crippen molar-refractivity contribution in [1.82, 2.24) is 14.9 Å². The Labute approximate surface area is 222 Å². The summed E-state index contributed by atoms with van der Waals surface area (Å²) < 4.78 is 28.9. The summed E-state index contributed by atoms with van der Waals surface area (Å²) in [6.07, 6.45) is 0.178. The summed E-state index contributed by atoms with van der Waals surface area (Å²) in [5.74, 6) is -0.158. The predicted octanol–water partition coefficient (Wildman–Crippen LogP) is 5.38. The first kappa shape index (κ1) is 25.4. The van der Waals surface area contributed by atoms with Crippen LogP contribution in [0.3, 0.4) is 0 Å². The van der Waals surface area contributed by atoms with Gasteiger partial charge in [-0.15, -0.1) is 0 Å². The van der Waals surface area contributed by atoms with Crippen LogP contribution < -0.4 is 10.0 Å². The summed E-state index contributed by atoms with van der Waals surface area (Å²) in [7, 11) is -3.94. The summed E-state index contributed by atoms with van der Waals surface area (Å²) in [5, 5.41) is 10.8. The normalized spacial score (nSPS) is 12.4. The van der Waals surface area contributed by atoms with Gasteiger partial charge < -0.3 is 5.32 Å². The van der Waals surface area contributed by atoms with E-state index in [0.717, 1.165) is 38.7 Å². The number of aryl methyl sites for hydroxylation is 2. The number of sulfonamides is 1. The van der Waals surface area contributed by atoms with Crippen molar-refractivity contribution < 1.29 is 13.2 Å². The number of fused-ring (bicyclic) bond motifs is 1. The number of benzene rings is 4. The highest BCUT2D eigenvalue weighted by molar-refractivity contribution is 7.89. The first-order valence-electron chi connectivity index (χ1n) is 12.3. The molecule has 1 heterocycles. The van der Waals surface area contributed by atoms with E-state index in [-0.39, 0.29) is 11.3 Å². The standard InChI is InChI=1S/C30H28N4O3S/c1-20-11-14-25(15-12-20)38(36,37)34-28(18-22-8-4-3-5-9-22)30(35)31-29-26-16-13-24(19-27(26)32-33-29)23-10-6-7-21(2)17-23/h3-17,19,28,34H,18H2,1-2H3,(H2,31,32,33,35)/t28-/m0/s1. The molecule has 192 valence electrons. The van der Waals surface area contributed by atoms with Gasteiger partial charge in [0.05, 0.1) is 10.4 Å². The molecule has 4 aromatic carbocycles. The third kappa shape index (κ3) is 5.66. The molecule has 1 atom stereocenters. The molecule has 7 nitrogen and oxygen atoms in total. The lowest BCUT2D eigenvalue weighted by molar-refractivity contribution is -0.117. The summed E-state index contributed by atoms with van der Waals surface area (Å²) >= 11 is 0. The van der Waals surface area contributed by atoms with Crippen molar-refractivity contribution in [2.75, 3.05) is 5.32 Å². The van der Waals surface area contributed by atoms with Gasteiger partial charge in [-0.2, -0.15) is 9.82 Å². The number of carbonyl (C=O) groups excluding carboxylic acids is 1. The fourth-order valence-electron chi connectivity index (χ4n) is 4.33. The van der Waals surface area contributed by atoms with Gasteiger partial charge in [-0.3, -0.25) is 9.89 Å². The maximum absolute atomic E-state index is 13.5. The minimum Gasteiger partial charge on any atom is -0.307 e. The number of amides is 1. The smallest absolute Gasteiger partial charge is 0.244 e. The number of carbonyl (C=O) groups is 1. The van der Waals surface area contributed by atoms with Gasteiger partial charge in [0.1, 0.15) is 6.04 Å². The molecular formula is C30H28N4O3S. The van der Waals surface area contributed by atoms with Gasteiger partial charge in [0, 0.05) is 5.39 Å². The minimum atomic E-state index is -3.94. The van der Waals surface area contributed by atoms with Crippen LogP contribution in [0.4, 0.5) is 5.82 Å². The Morgan fingerprint density at radius 3 is 2.32 bits per heavy atom. The van der Waals surface area contributed by atoms with Crippen molar-refractivity contribution in [3.63, 3.8) is 0 Å². The Bertz CT molecular complexity index is 1700. The van der Waals surface area contributed by atoms with E-state index in [1.807, 2.05) is 80.6 Å². The first-order chi connectivity index (χ1) is 18.3. The number of aromatic amines is 1. The molecule has 0 aliphatic rings. The lowest BCUT2D eigenvalue weighted by Gasteiger charge is -2.18. The molecule has 0 aliphatic carbocycles. The average Bonchev–Trinajstić information content (AvgIpc) is 3.31. The third-order valence-corrected chi connectivity index (χ3v) is 7.87. The van der Waals surface area contributed by atoms with Crippen LogP contribution in [0.2, 0.25) is 0 Å². The second-order valence-corrected chi connectivity index (χ2v) is 11.1. The van der Waals surface area contributed by atoms with Crippen LogP contribution in [-0.4, -0.2) is 30.6 Å². The maximum Gasteiger partial charge on any atom is 0.244 e. The summed E-state index contributed by atoms with van der Waals surface area (Å²) in [6.45, 7) is 3.93. The van der Waals surface area contributed by atoms with Crippen molar-refractivity contribution in [3.8, 4) is 11.1 Å². The van der Waals surface area contributed by atoms with Gasteiger partial charge in [0.2, 0.25) is 15.9 Å². The highest BCUT2D eigenvalue weighted by atomic mass is 32.2. The Hall–Kier alpha value is -4.27. The van der Waals surface area contributed by atoms with Crippen LogP contribution >= 0.6 is 0 Å². The van der Waals surface area contributed by atoms with Crippen LogP contribution in [0, 0.1) is 13.8 Å². The summed E-state index contributed by atoms with van der Waals surface area (Å²) in [4.78, 5) is 13.6. The molecule has 0 saturated heterocycles. The first-order valence-corrected chi connectivity index (χ1v) is 13.8. The van der Waals surface area contributed by atoms with Gasteiger partial charge in [0.15, 0.2) is 5.82 Å². The number of nitrogens with one attached hydrogen (secondary N) is 3. The number of aromatic nitrogens is 2. The Morgan fingerprint density at radius 2 is 1.58 bits per heavy atom. The fraction of sp³-hybridized carbons (Fsp3) is 0.133. The predicted molar refractivity (Wildman–Crippen MR) is 150 cm³/mol. The minimum absolute atomic E-state index is 0.0999. The van der Waals surface area contributed by atoms with Gasteiger partial charge in [-0.1, -0.05) is 83.9 Å². The molecule has 5 aromatic rings. The van der Waals surface area contributed by atoms with Crippen molar-refractivity contribution in [1.29, 1.82) is 0 Å².